The van der Waals surface area contributed by atoms with Crippen molar-refractivity contribution >= 4 is 27.3 Å². The van der Waals surface area contributed by atoms with E-state index in [1.807, 2.05) is 12.1 Å². The van der Waals surface area contributed by atoms with E-state index in [9.17, 15) is 13.0 Å². The van der Waals surface area contributed by atoms with Gasteiger partial charge in [-0.2, -0.15) is 0 Å². The molecule has 0 saturated carbocycles. The van der Waals surface area contributed by atoms with Crippen molar-refractivity contribution in [3.63, 3.8) is 0 Å². The van der Waals surface area contributed by atoms with Crippen molar-refractivity contribution in [2.45, 2.75) is 12.5 Å². The average Bonchev–Trinajstić information content (AvgIpc) is 3.19. The Morgan fingerprint density at radius 1 is 1.50 bits per heavy atom. The zero-order valence-corrected chi connectivity index (χ0v) is 17.5. The van der Waals surface area contributed by atoms with Crippen LogP contribution in [0.3, 0.4) is 0 Å². The Kier molecular flexibility index (Phi) is 6.93. The van der Waals surface area contributed by atoms with Gasteiger partial charge in [0.25, 0.3) is 6.43 Å². The topological polar surface area (TPSA) is 107 Å². The summed E-state index contributed by atoms with van der Waals surface area (Å²) in [6, 6.07) is 3.73. The molecule has 3 rings (SSSR count). The van der Waals surface area contributed by atoms with Crippen LogP contribution >= 0.6 is 0 Å². The summed E-state index contributed by atoms with van der Waals surface area (Å²) < 4.78 is 46.5. The summed E-state index contributed by atoms with van der Waals surface area (Å²) in [6.45, 7) is 2.15. The zero-order chi connectivity index (χ0) is 21.7. The molecule has 0 aliphatic carbocycles. The first kappa shape index (κ1) is 22.0. The molecule has 2 aromatic heterocycles. The van der Waals surface area contributed by atoms with Crippen LogP contribution in [0.5, 0.6) is 0 Å². The lowest BCUT2D eigenvalue weighted by molar-refractivity contribution is 0.0468. The number of pyridine rings is 1. The first-order chi connectivity index (χ1) is 14.2. The van der Waals surface area contributed by atoms with Gasteiger partial charge in [-0.15, -0.1) is 0 Å². The predicted molar refractivity (Wildman–Crippen MR) is 114 cm³/mol. The number of hydrogen-bond acceptors (Lipinski definition) is 7. The minimum Gasteiger partial charge on any atom is -0.373 e. The highest BCUT2D eigenvalue weighted by Gasteiger charge is 2.22. The Morgan fingerprint density at radius 3 is 3.03 bits per heavy atom. The Bertz CT molecular complexity index is 1040. The van der Waals surface area contributed by atoms with Gasteiger partial charge in [-0.05, 0) is 24.3 Å². The second-order valence-electron chi connectivity index (χ2n) is 7.11. The monoisotopic (exact) mass is 438 g/mol. The molecule has 1 fully saturated rings. The summed E-state index contributed by atoms with van der Waals surface area (Å²) in [5.41, 5.74) is 0.780. The van der Waals surface area contributed by atoms with E-state index in [4.69, 9.17) is 10.1 Å². The lowest BCUT2D eigenvalue weighted by Crippen LogP contribution is -2.44. The summed E-state index contributed by atoms with van der Waals surface area (Å²) >= 11 is 0. The van der Waals surface area contributed by atoms with Crippen molar-refractivity contribution in [1.29, 1.82) is 5.41 Å². The van der Waals surface area contributed by atoms with Crippen LogP contribution in [0.25, 0.3) is 17.3 Å². The van der Waals surface area contributed by atoms with Gasteiger partial charge >= 0.3 is 0 Å². The number of allylic oxidation sites excluding steroid dienone is 1. The second-order valence-corrected chi connectivity index (χ2v) is 9.73. The van der Waals surface area contributed by atoms with E-state index in [0.29, 0.717) is 37.8 Å². The van der Waals surface area contributed by atoms with Gasteiger partial charge < -0.3 is 14.6 Å². The number of nitrogens with zero attached hydrogens (tertiary/aromatic N) is 4. The lowest BCUT2D eigenvalue weighted by atomic mass is 10.2. The molecule has 0 radical (unpaired) electrons. The quantitative estimate of drug-likeness (QED) is 0.647. The number of imidazole rings is 1. The highest BCUT2D eigenvalue weighted by atomic mass is 32.2. The molecule has 0 amide bonds. The van der Waals surface area contributed by atoms with E-state index in [0.717, 1.165) is 17.5 Å². The molecule has 0 unspecified atom stereocenters. The van der Waals surface area contributed by atoms with Crippen LogP contribution in [-0.2, 0) is 14.5 Å². The number of H-pyrrole nitrogens is 1. The molecular formula is C19H24F2N6O2S. The van der Waals surface area contributed by atoms with Gasteiger partial charge in [0.15, 0.2) is 0 Å². The number of morpholine rings is 1. The van der Waals surface area contributed by atoms with Crippen molar-refractivity contribution in [2.75, 3.05) is 43.7 Å². The molecule has 0 aromatic carbocycles. The zero-order valence-electron chi connectivity index (χ0n) is 16.7. The number of anilines is 1. The Balaban J connectivity index is 1.72. The molecule has 1 atom stereocenters. The third-order valence-electron chi connectivity index (χ3n) is 4.36. The number of ether oxygens (including phenoxy) is 1. The molecule has 1 aliphatic rings. The van der Waals surface area contributed by atoms with Crippen LogP contribution in [0.2, 0.25) is 0 Å². The third-order valence-corrected chi connectivity index (χ3v) is 5.13. The molecule has 8 nitrogen and oxygen atoms in total. The number of halogens is 2. The van der Waals surface area contributed by atoms with E-state index in [1.165, 1.54) is 6.08 Å². The first-order valence-electron chi connectivity index (χ1n) is 9.27. The van der Waals surface area contributed by atoms with E-state index in [1.54, 1.807) is 24.9 Å². The van der Waals surface area contributed by atoms with Gasteiger partial charge in [0.05, 0.1) is 36.9 Å². The molecule has 2 N–H and O–H groups in total. The van der Waals surface area contributed by atoms with Crippen LogP contribution in [0, 0.1) is 5.41 Å². The normalized spacial score (nSPS) is 17.6. The molecule has 1 aliphatic heterocycles. The maximum absolute atomic E-state index is 12.4. The average molecular weight is 439 g/mol. The largest absolute Gasteiger partial charge is 0.373 e. The minimum atomic E-state index is -2.82. The summed E-state index contributed by atoms with van der Waals surface area (Å²) in [7, 11) is -2.17. The van der Waals surface area contributed by atoms with Crippen molar-refractivity contribution in [3.05, 3.63) is 36.4 Å². The summed E-state index contributed by atoms with van der Waals surface area (Å²) in [5.74, 6) is 1.14. The van der Waals surface area contributed by atoms with E-state index < -0.39 is 21.9 Å². The van der Waals surface area contributed by atoms with Crippen LogP contribution < -0.4 is 4.90 Å². The van der Waals surface area contributed by atoms with E-state index >= 15 is 0 Å². The number of rotatable bonds is 7. The number of hydrogen-bond donors (Lipinski definition) is 2. The lowest BCUT2D eigenvalue weighted by Gasteiger charge is -2.33. The maximum Gasteiger partial charge on any atom is 0.279 e. The summed E-state index contributed by atoms with van der Waals surface area (Å²) in [4.78, 5) is 13.7. The van der Waals surface area contributed by atoms with Crippen molar-refractivity contribution < 1.29 is 17.7 Å². The number of aromatic amines is 1. The molecule has 30 heavy (non-hydrogen) atoms. The minimum absolute atomic E-state index is 0.154. The highest BCUT2D eigenvalue weighted by molar-refractivity contribution is 7.92. The first-order valence-corrected chi connectivity index (χ1v) is 11.6. The van der Waals surface area contributed by atoms with Gasteiger partial charge in [-0.1, -0.05) is 0 Å². The van der Waals surface area contributed by atoms with E-state index in [2.05, 4.69) is 24.2 Å². The second kappa shape index (κ2) is 9.43. The van der Waals surface area contributed by atoms with Crippen molar-refractivity contribution in [3.8, 4) is 11.3 Å². The van der Waals surface area contributed by atoms with Crippen LogP contribution in [-0.4, -0.2) is 76.2 Å². The van der Waals surface area contributed by atoms with Gasteiger partial charge in [-0.3, -0.25) is 9.62 Å². The van der Waals surface area contributed by atoms with Gasteiger partial charge in [0.1, 0.15) is 11.6 Å². The summed E-state index contributed by atoms with van der Waals surface area (Å²) in [6.07, 6.45) is 5.89. The molecule has 3 heterocycles. The summed E-state index contributed by atoms with van der Waals surface area (Å²) in [5, 5.41) is 7.16. The molecule has 11 heteroatoms. The Hall–Kier alpha value is -2.66. The van der Waals surface area contributed by atoms with Crippen LogP contribution in [0.1, 0.15) is 5.82 Å². The Labute approximate surface area is 174 Å². The fourth-order valence-electron chi connectivity index (χ4n) is 2.87. The smallest absolute Gasteiger partial charge is 0.279 e. The SMILES string of the molecule is CS(C)(=O)=NC[C@@H]1CN(c2cc(-c3cnc(/C=C\C(=N)C(F)F)[nH]3)ccn2)CCO1. The molecule has 2 aromatic rings. The molecule has 0 bridgehead atoms. The maximum atomic E-state index is 12.4. The molecule has 0 spiro atoms. The van der Waals surface area contributed by atoms with Gasteiger partial charge in [0, 0.05) is 47.1 Å². The highest BCUT2D eigenvalue weighted by Crippen LogP contribution is 2.23. The standard InChI is InChI=1S/C19H24F2N6O2S/c1-30(2,28)25-10-14-12-27(7-8-29-14)18-9-13(5-6-23-18)16-11-24-17(26-16)4-3-15(22)19(20)21/h3-6,9,11,14,19,22H,7-8,10,12H2,1-2H3,(H,24,26)/b4-3-,22-15?/t14-/m1/s1. The number of aromatic nitrogens is 3. The van der Waals surface area contributed by atoms with E-state index in [-0.39, 0.29) is 6.10 Å². The predicted octanol–water partition coefficient (Wildman–Crippen LogP) is 2.70. The fourth-order valence-corrected chi connectivity index (χ4v) is 3.39. The van der Waals surface area contributed by atoms with Gasteiger partial charge in [-0.25, -0.2) is 23.1 Å². The third kappa shape index (κ3) is 6.17. The van der Waals surface area contributed by atoms with Crippen LogP contribution in [0.4, 0.5) is 14.6 Å². The van der Waals surface area contributed by atoms with Crippen molar-refractivity contribution in [1.82, 2.24) is 15.0 Å². The van der Waals surface area contributed by atoms with Gasteiger partial charge in [0.2, 0.25) is 0 Å². The molecule has 162 valence electrons. The molecular weight excluding hydrogens is 414 g/mol. The number of nitrogens with one attached hydrogen (secondary N) is 2. The van der Waals surface area contributed by atoms with Crippen molar-refractivity contribution in [2.24, 2.45) is 4.36 Å². The number of alkyl halides is 2. The Morgan fingerprint density at radius 2 is 2.30 bits per heavy atom. The fraction of sp³-hybridized carbons (Fsp3) is 0.421. The van der Waals surface area contributed by atoms with Crippen LogP contribution in [0.15, 0.2) is 35.0 Å². The molecule has 1 saturated heterocycles.